The molecule has 0 saturated heterocycles. The van der Waals surface area contributed by atoms with Gasteiger partial charge in [0.2, 0.25) is 6.04 Å². The zero-order valence-electron chi connectivity index (χ0n) is 14.4. The number of unbranched alkanes of at least 4 members (excludes halogenated alkanes) is 11. The van der Waals surface area contributed by atoms with Crippen molar-refractivity contribution >= 4 is 0 Å². The zero-order valence-corrected chi connectivity index (χ0v) is 14.4. The van der Waals surface area contributed by atoms with Gasteiger partial charge in [-0.1, -0.05) is 84.5 Å². The molecule has 0 N–H and O–H groups in total. The molecule has 21 heavy (non-hydrogen) atoms. The molecular formula is C18H37NO2. The minimum Gasteiger partial charge on any atom is -0.264 e. The van der Waals surface area contributed by atoms with Gasteiger partial charge in [-0.05, 0) is 12.8 Å². The molecule has 0 heterocycles. The lowest BCUT2D eigenvalue weighted by molar-refractivity contribution is -0.524. The van der Waals surface area contributed by atoms with E-state index in [2.05, 4.69) is 13.8 Å². The second-order valence-electron chi connectivity index (χ2n) is 6.41. The zero-order chi connectivity index (χ0) is 15.8. The van der Waals surface area contributed by atoms with Crippen molar-refractivity contribution in [2.24, 2.45) is 0 Å². The van der Waals surface area contributed by atoms with Crippen LogP contribution in [-0.2, 0) is 0 Å². The average molecular weight is 299 g/mol. The predicted molar refractivity (Wildman–Crippen MR) is 91.4 cm³/mol. The van der Waals surface area contributed by atoms with Gasteiger partial charge in [-0.3, -0.25) is 10.1 Å². The fourth-order valence-corrected chi connectivity index (χ4v) is 2.85. The van der Waals surface area contributed by atoms with Crippen molar-refractivity contribution in [3.63, 3.8) is 0 Å². The monoisotopic (exact) mass is 299 g/mol. The molecule has 1 unspecified atom stereocenters. The molecule has 3 nitrogen and oxygen atoms in total. The van der Waals surface area contributed by atoms with E-state index in [1.807, 2.05) is 0 Å². The molecule has 0 radical (unpaired) electrons. The topological polar surface area (TPSA) is 43.1 Å². The van der Waals surface area contributed by atoms with Gasteiger partial charge in [-0.25, -0.2) is 0 Å². The average Bonchev–Trinajstić information content (AvgIpc) is 2.47. The van der Waals surface area contributed by atoms with Crippen molar-refractivity contribution in [1.82, 2.24) is 0 Å². The van der Waals surface area contributed by atoms with E-state index in [0.717, 1.165) is 38.5 Å². The minimum atomic E-state index is -0.286. The van der Waals surface area contributed by atoms with Gasteiger partial charge in [0.15, 0.2) is 0 Å². The van der Waals surface area contributed by atoms with E-state index < -0.39 is 0 Å². The Balaban J connectivity index is 3.39. The smallest absolute Gasteiger partial charge is 0.213 e. The summed E-state index contributed by atoms with van der Waals surface area (Å²) in [4.78, 5) is 10.9. The highest BCUT2D eigenvalue weighted by atomic mass is 16.6. The SMILES string of the molecule is CCCCCCCCCCCCC(CCCCC)[N+](=O)[O-]. The van der Waals surface area contributed by atoms with Gasteiger partial charge < -0.3 is 0 Å². The molecule has 3 heteroatoms. The van der Waals surface area contributed by atoms with E-state index in [-0.39, 0.29) is 11.0 Å². The fraction of sp³-hybridized carbons (Fsp3) is 1.00. The van der Waals surface area contributed by atoms with Gasteiger partial charge in [0, 0.05) is 17.8 Å². The summed E-state index contributed by atoms with van der Waals surface area (Å²) in [5.41, 5.74) is 0. The number of rotatable bonds is 16. The summed E-state index contributed by atoms with van der Waals surface area (Å²) in [6, 6.07) is -0.286. The summed E-state index contributed by atoms with van der Waals surface area (Å²) in [6.07, 6.45) is 17.8. The maximum atomic E-state index is 11.0. The molecule has 126 valence electrons. The van der Waals surface area contributed by atoms with Crippen LogP contribution in [0.15, 0.2) is 0 Å². The molecule has 0 aromatic carbocycles. The third-order valence-electron chi connectivity index (χ3n) is 4.33. The summed E-state index contributed by atoms with van der Waals surface area (Å²) in [5.74, 6) is 0. The molecule has 0 aliphatic carbocycles. The van der Waals surface area contributed by atoms with Crippen LogP contribution in [0.4, 0.5) is 0 Å². The summed E-state index contributed by atoms with van der Waals surface area (Å²) in [7, 11) is 0. The van der Waals surface area contributed by atoms with Crippen molar-refractivity contribution in [1.29, 1.82) is 0 Å². The Hall–Kier alpha value is -0.600. The van der Waals surface area contributed by atoms with Crippen molar-refractivity contribution < 1.29 is 4.92 Å². The van der Waals surface area contributed by atoms with Gasteiger partial charge in [-0.2, -0.15) is 0 Å². The first-order chi connectivity index (χ1) is 10.2. The Labute approximate surface area is 132 Å². The van der Waals surface area contributed by atoms with Crippen LogP contribution >= 0.6 is 0 Å². The van der Waals surface area contributed by atoms with Gasteiger partial charge in [0.05, 0.1) is 0 Å². The van der Waals surface area contributed by atoms with Crippen molar-refractivity contribution in [3.8, 4) is 0 Å². The molecular weight excluding hydrogens is 262 g/mol. The highest BCUT2D eigenvalue weighted by Crippen LogP contribution is 2.15. The highest BCUT2D eigenvalue weighted by molar-refractivity contribution is 4.58. The maximum absolute atomic E-state index is 11.0. The third-order valence-corrected chi connectivity index (χ3v) is 4.33. The molecule has 1 atom stereocenters. The molecule has 0 aliphatic heterocycles. The second-order valence-corrected chi connectivity index (χ2v) is 6.41. The first kappa shape index (κ1) is 20.4. The van der Waals surface area contributed by atoms with Gasteiger partial charge in [0.25, 0.3) is 0 Å². The Morgan fingerprint density at radius 3 is 1.43 bits per heavy atom. The van der Waals surface area contributed by atoms with Crippen molar-refractivity contribution in [2.45, 2.75) is 116 Å². The van der Waals surface area contributed by atoms with E-state index in [0.29, 0.717) is 0 Å². The Morgan fingerprint density at radius 2 is 1.00 bits per heavy atom. The molecule has 0 aromatic heterocycles. The lowest BCUT2D eigenvalue weighted by atomic mass is 10.0. The highest BCUT2D eigenvalue weighted by Gasteiger charge is 2.18. The van der Waals surface area contributed by atoms with Crippen LogP contribution in [0, 0.1) is 10.1 Å². The normalized spacial score (nSPS) is 12.5. The summed E-state index contributed by atoms with van der Waals surface area (Å²) in [5, 5.41) is 11.0. The van der Waals surface area contributed by atoms with Crippen LogP contribution in [0.3, 0.4) is 0 Å². The van der Waals surface area contributed by atoms with Gasteiger partial charge >= 0.3 is 0 Å². The predicted octanol–water partition coefficient (Wildman–Crippen LogP) is 6.52. The standard InChI is InChI=1S/C18H37NO2/c1-3-5-7-8-9-10-11-12-13-15-17-18(19(20)21)16-14-6-4-2/h18H,3-17H2,1-2H3. The van der Waals surface area contributed by atoms with Crippen molar-refractivity contribution in [3.05, 3.63) is 10.1 Å². The second kappa shape index (κ2) is 15.8. The number of hydrogen-bond donors (Lipinski definition) is 0. The summed E-state index contributed by atoms with van der Waals surface area (Å²) < 4.78 is 0. The Morgan fingerprint density at radius 1 is 0.667 bits per heavy atom. The Kier molecular flexibility index (Phi) is 15.3. The molecule has 0 bridgehead atoms. The van der Waals surface area contributed by atoms with E-state index in [1.165, 1.54) is 57.8 Å². The first-order valence-electron chi connectivity index (χ1n) is 9.35. The molecule has 0 rings (SSSR count). The lowest BCUT2D eigenvalue weighted by Gasteiger charge is -2.09. The van der Waals surface area contributed by atoms with Crippen LogP contribution in [0.25, 0.3) is 0 Å². The molecule has 0 saturated carbocycles. The number of hydrogen-bond acceptors (Lipinski definition) is 2. The van der Waals surface area contributed by atoms with Crippen LogP contribution in [-0.4, -0.2) is 11.0 Å². The van der Waals surface area contributed by atoms with E-state index in [4.69, 9.17) is 0 Å². The van der Waals surface area contributed by atoms with Crippen LogP contribution < -0.4 is 0 Å². The van der Waals surface area contributed by atoms with E-state index >= 15 is 0 Å². The van der Waals surface area contributed by atoms with E-state index in [1.54, 1.807) is 0 Å². The summed E-state index contributed by atoms with van der Waals surface area (Å²) >= 11 is 0. The first-order valence-corrected chi connectivity index (χ1v) is 9.35. The third kappa shape index (κ3) is 14.1. The fourth-order valence-electron chi connectivity index (χ4n) is 2.85. The molecule has 0 aromatic rings. The minimum absolute atomic E-state index is 0.0522. The number of nitro groups is 1. The van der Waals surface area contributed by atoms with Crippen LogP contribution in [0.2, 0.25) is 0 Å². The summed E-state index contributed by atoms with van der Waals surface area (Å²) in [6.45, 7) is 4.39. The maximum Gasteiger partial charge on any atom is 0.213 e. The lowest BCUT2D eigenvalue weighted by Crippen LogP contribution is -2.19. The quantitative estimate of drug-likeness (QED) is 0.185. The van der Waals surface area contributed by atoms with Crippen molar-refractivity contribution in [2.75, 3.05) is 0 Å². The van der Waals surface area contributed by atoms with Crippen LogP contribution in [0.5, 0.6) is 0 Å². The molecule has 0 spiro atoms. The number of nitrogens with zero attached hydrogens (tertiary/aromatic N) is 1. The largest absolute Gasteiger partial charge is 0.264 e. The van der Waals surface area contributed by atoms with E-state index in [9.17, 15) is 10.1 Å². The molecule has 0 amide bonds. The molecule has 0 aliphatic rings. The van der Waals surface area contributed by atoms with Gasteiger partial charge in [-0.15, -0.1) is 0 Å². The van der Waals surface area contributed by atoms with Crippen LogP contribution in [0.1, 0.15) is 110 Å². The van der Waals surface area contributed by atoms with Gasteiger partial charge in [0.1, 0.15) is 0 Å². The Bertz CT molecular complexity index is 231. The molecule has 0 fully saturated rings.